The van der Waals surface area contributed by atoms with E-state index in [4.69, 9.17) is 14.6 Å². The van der Waals surface area contributed by atoms with Crippen LogP contribution in [-0.2, 0) is 9.59 Å². The van der Waals surface area contributed by atoms with Gasteiger partial charge in [-0.25, -0.2) is 4.68 Å². The second-order valence-electron chi connectivity index (χ2n) is 8.80. The zero-order chi connectivity index (χ0) is 23.5. The molecule has 0 radical (unpaired) electrons. The number of anilines is 1. The van der Waals surface area contributed by atoms with Crippen molar-refractivity contribution in [3.63, 3.8) is 0 Å². The SMILES string of the molecule is COc1ccc(/C=C/C(=O)Nc2cc(C3CC3)nn2C2NC(=O)CC(C(C)C)N2)cc1OC. The van der Waals surface area contributed by atoms with E-state index in [0.717, 1.165) is 24.1 Å². The predicted molar refractivity (Wildman–Crippen MR) is 125 cm³/mol. The summed E-state index contributed by atoms with van der Waals surface area (Å²) in [4.78, 5) is 25.0. The number of rotatable bonds is 8. The molecule has 9 heteroatoms. The molecule has 2 aromatic rings. The molecule has 1 aliphatic carbocycles. The summed E-state index contributed by atoms with van der Waals surface area (Å²) in [5.74, 6) is 2.12. The minimum Gasteiger partial charge on any atom is -0.493 e. The van der Waals surface area contributed by atoms with Crippen molar-refractivity contribution in [2.75, 3.05) is 19.5 Å². The number of nitrogens with one attached hydrogen (secondary N) is 3. The summed E-state index contributed by atoms with van der Waals surface area (Å²) < 4.78 is 12.2. The van der Waals surface area contributed by atoms with Crippen LogP contribution in [0.5, 0.6) is 11.5 Å². The van der Waals surface area contributed by atoms with Crippen LogP contribution in [0.1, 0.15) is 56.6 Å². The van der Waals surface area contributed by atoms with Gasteiger partial charge < -0.3 is 20.1 Å². The summed E-state index contributed by atoms with van der Waals surface area (Å²) in [5, 5.41) is 14.0. The maximum absolute atomic E-state index is 12.7. The van der Waals surface area contributed by atoms with Crippen LogP contribution in [0.3, 0.4) is 0 Å². The molecular formula is C24H31N5O4. The van der Waals surface area contributed by atoms with Crippen LogP contribution in [-0.4, -0.2) is 41.9 Å². The first-order valence-corrected chi connectivity index (χ1v) is 11.2. The normalized spacial score (nSPS) is 20.7. The Kier molecular flexibility index (Phi) is 6.69. The highest BCUT2D eigenvalue weighted by Gasteiger charge is 2.33. The van der Waals surface area contributed by atoms with Gasteiger partial charge in [0.2, 0.25) is 11.8 Å². The first kappa shape index (κ1) is 22.8. The average Bonchev–Trinajstić information content (AvgIpc) is 3.57. The van der Waals surface area contributed by atoms with Crippen molar-refractivity contribution in [1.82, 2.24) is 20.4 Å². The fourth-order valence-electron chi connectivity index (χ4n) is 3.85. The van der Waals surface area contributed by atoms with Gasteiger partial charge in [-0.15, -0.1) is 0 Å². The standard InChI is InChI=1S/C24H31N5O4/c1-14(2)17-13-23(31)27-24(25-17)29-21(12-18(28-29)16-7-8-16)26-22(30)10-6-15-5-9-19(32-3)20(11-15)33-4/h5-6,9-12,14,16-17,24-25H,7-8,13H2,1-4H3,(H,26,30)(H,27,31)/b10-6+. The van der Waals surface area contributed by atoms with E-state index < -0.39 is 6.29 Å². The number of benzene rings is 1. The van der Waals surface area contributed by atoms with Gasteiger partial charge in [0.05, 0.1) is 19.9 Å². The van der Waals surface area contributed by atoms with Gasteiger partial charge in [-0.2, -0.15) is 5.10 Å². The van der Waals surface area contributed by atoms with E-state index in [2.05, 4.69) is 29.8 Å². The molecule has 2 fully saturated rings. The monoisotopic (exact) mass is 453 g/mol. The lowest BCUT2D eigenvalue weighted by molar-refractivity contribution is -0.126. The summed E-state index contributed by atoms with van der Waals surface area (Å²) in [6.45, 7) is 4.15. The summed E-state index contributed by atoms with van der Waals surface area (Å²) in [7, 11) is 3.14. The van der Waals surface area contributed by atoms with Gasteiger partial charge >= 0.3 is 0 Å². The Labute approximate surface area is 193 Å². The highest BCUT2D eigenvalue weighted by Crippen LogP contribution is 2.40. The quantitative estimate of drug-likeness (QED) is 0.531. The first-order valence-electron chi connectivity index (χ1n) is 11.2. The van der Waals surface area contributed by atoms with E-state index in [1.54, 1.807) is 37.1 Å². The van der Waals surface area contributed by atoms with Gasteiger partial charge in [0.15, 0.2) is 17.8 Å². The van der Waals surface area contributed by atoms with E-state index in [0.29, 0.717) is 35.6 Å². The minimum absolute atomic E-state index is 0.0332. The molecule has 1 aromatic heterocycles. The third kappa shape index (κ3) is 5.36. The minimum atomic E-state index is -0.517. The summed E-state index contributed by atoms with van der Waals surface area (Å²) in [6, 6.07) is 7.35. The molecule has 1 aliphatic heterocycles. The number of amides is 2. The van der Waals surface area contributed by atoms with Crippen LogP contribution < -0.4 is 25.4 Å². The number of carbonyl (C=O) groups excluding carboxylic acids is 2. The van der Waals surface area contributed by atoms with Gasteiger partial charge in [-0.05, 0) is 42.5 Å². The molecule has 1 aromatic carbocycles. The van der Waals surface area contributed by atoms with Gasteiger partial charge in [0.25, 0.3) is 0 Å². The highest BCUT2D eigenvalue weighted by molar-refractivity contribution is 6.01. The molecule has 1 saturated carbocycles. The maximum Gasteiger partial charge on any atom is 0.249 e. The highest BCUT2D eigenvalue weighted by atomic mass is 16.5. The van der Waals surface area contributed by atoms with Crippen LogP contribution in [0, 0.1) is 5.92 Å². The summed E-state index contributed by atoms with van der Waals surface area (Å²) >= 11 is 0. The molecule has 2 atom stereocenters. The van der Waals surface area contributed by atoms with Gasteiger partial charge in [-0.1, -0.05) is 19.9 Å². The van der Waals surface area contributed by atoms with Crippen molar-refractivity contribution in [2.24, 2.45) is 5.92 Å². The number of methoxy groups -OCH3 is 2. The molecule has 4 rings (SSSR count). The average molecular weight is 454 g/mol. The second kappa shape index (κ2) is 9.66. The van der Waals surface area contributed by atoms with E-state index in [1.807, 2.05) is 12.1 Å². The molecular weight excluding hydrogens is 422 g/mol. The Morgan fingerprint density at radius 1 is 1.21 bits per heavy atom. The molecule has 33 heavy (non-hydrogen) atoms. The van der Waals surface area contributed by atoms with Crippen LogP contribution in [0.25, 0.3) is 6.08 Å². The van der Waals surface area contributed by atoms with E-state index in [1.165, 1.54) is 6.08 Å². The molecule has 9 nitrogen and oxygen atoms in total. The van der Waals surface area contributed by atoms with E-state index in [-0.39, 0.29) is 17.9 Å². The van der Waals surface area contributed by atoms with Crippen molar-refractivity contribution >= 4 is 23.7 Å². The Morgan fingerprint density at radius 3 is 2.64 bits per heavy atom. The van der Waals surface area contributed by atoms with Crippen LogP contribution >= 0.6 is 0 Å². The van der Waals surface area contributed by atoms with Crippen molar-refractivity contribution < 1.29 is 19.1 Å². The van der Waals surface area contributed by atoms with Crippen molar-refractivity contribution in [3.8, 4) is 11.5 Å². The fourth-order valence-corrected chi connectivity index (χ4v) is 3.85. The lowest BCUT2D eigenvalue weighted by Gasteiger charge is -2.34. The Balaban J connectivity index is 1.52. The summed E-state index contributed by atoms with van der Waals surface area (Å²) in [6.07, 6.45) is 5.23. The largest absolute Gasteiger partial charge is 0.493 e. The number of aromatic nitrogens is 2. The number of nitrogens with zero attached hydrogens (tertiary/aromatic N) is 2. The summed E-state index contributed by atoms with van der Waals surface area (Å²) in [5.41, 5.74) is 1.73. The van der Waals surface area contributed by atoms with Crippen LogP contribution in [0.4, 0.5) is 5.82 Å². The van der Waals surface area contributed by atoms with Gasteiger partial charge in [-0.3, -0.25) is 14.9 Å². The molecule has 2 unspecified atom stereocenters. The Morgan fingerprint density at radius 2 is 1.97 bits per heavy atom. The lowest BCUT2D eigenvalue weighted by Crippen LogP contribution is -2.55. The Bertz CT molecular complexity index is 1060. The third-order valence-electron chi connectivity index (χ3n) is 5.96. The van der Waals surface area contributed by atoms with E-state index >= 15 is 0 Å². The zero-order valence-electron chi connectivity index (χ0n) is 19.4. The predicted octanol–water partition coefficient (Wildman–Crippen LogP) is 3.02. The Hall–Kier alpha value is -3.33. The fraction of sp³-hybridized carbons (Fsp3) is 0.458. The number of ether oxygens (including phenoxy) is 2. The molecule has 2 aliphatic rings. The third-order valence-corrected chi connectivity index (χ3v) is 5.96. The molecule has 176 valence electrons. The molecule has 2 amide bonds. The molecule has 2 heterocycles. The van der Waals surface area contributed by atoms with Crippen molar-refractivity contribution in [2.45, 2.75) is 51.4 Å². The van der Waals surface area contributed by atoms with Crippen LogP contribution in [0.2, 0.25) is 0 Å². The number of hydrogen-bond acceptors (Lipinski definition) is 6. The van der Waals surface area contributed by atoms with Crippen molar-refractivity contribution in [3.05, 3.63) is 41.6 Å². The number of hydrogen-bond donors (Lipinski definition) is 3. The van der Waals surface area contributed by atoms with Crippen LogP contribution in [0.15, 0.2) is 30.3 Å². The molecule has 0 spiro atoms. The molecule has 0 bridgehead atoms. The van der Waals surface area contributed by atoms with Gasteiger partial charge in [0, 0.05) is 30.5 Å². The lowest BCUT2D eigenvalue weighted by atomic mass is 9.99. The topological polar surface area (TPSA) is 107 Å². The second-order valence-corrected chi connectivity index (χ2v) is 8.80. The van der Waals surface area contributed by atoms with Gasteiger partial charge in [0.1, 0.15) is 5.82 Å². The molecule has 1 saturated heterocycles. The zero-order valence-corrected chi connectivity index (χ0v) is 19.4. The first-order chi connectivity index (χ1) is 15.9. The maximum atomic E-state index is 12.7. The molecule has 3 N–H and O–H groups in total. The number of carbonyl (C=O) groups is 2. The van der Waals surface area contributed by atoms with Crippen molar-refractivity contribution in [1.29, 1.82) is 0 Å². The smallest absolute Gasteiger partial charge is 0.249 e. The van der Waals surface area contributed by atoms with E-state index in [9.17, 15) is 9.59 Å².